The van der Waals surface area contributed by atoms with Gasteiger partial charge in [0.25, 0.3) is 0 Å². The van der Waals surface area contributed by atoms with E-state index in [1.165, 1.54) is 0 Å². The molecule has 2 aromatic heterocycles. The van der Waals surface area contributed by atoms with Crippen molar-refractivity contribution in [3.8, 4) is 0 Å². The van der Waals surface area contributed by atoms with Crippen LogP contribution < -0.4 is 5.32 Å². The molecule has 0 saturated carbocycles. The normalized spacial score (nSPS) is 12.8. The molecule has 2 rings (SSSR count). The van der Waals surface area contributed by atoms with Gasteiger partial charge in [-0.1, -0.05) is 13.8 Å². The smallest absolute Gasteiger partial charge is 0.193 e. The number of furan rings is 1. The zero-order valence-corrected chi connectivity index (χ0v) is 12.9. The summed E-state index contributed by atoms with van der Waals surface area (Å²) in [6, 6.07) is 3.83. The zero-order valence-electron chi connectivity index (χ0n) is 12.1. The summed E-state index contributed by atoms with van der Waals surface area (Å²) in [7, 11) is 0. The lowest BCUT2D eigenvalue weighted by Gasteiger charge is -2.16. The number of nitrogens with zero attached hydrogens (tertiary/aromatic N) is 2. The first-order valence-corrected chi connectivity index (χ1v) is 7.61. The number of halogens is 1. The zero-order chi connectivity index (χ0) is 14.4. The topological polar surface area (TPSA) is 43.0 Å². The third kappa shape index (κ3) is 3.87. The maximum Gasteiger partial charge on any atom is 0.193 e. The fraction of sp³-hybridized carbons (Fsp3) is 0.533. The summed E-state index contributed by atoms with van der Waals surface area (Å²) >= 11 is 5.89. The molecule has 0 aliphatic heterocycles. The van der Waals surface area contributed by atoms with Gasteiger partial charge in [-0.3, -0.25) is 0 Å². The van der Waals surface area contributed by atoms with Gasteiger partial charge in [-0.05, 0) is 43.1 Å². The molecular formula is C15H22ClN3O. The first kappa shape index (κ1) is 15.1. The molecule has 4 nitrogen and oxygen atoms in total. The molecule has 0 amide bonds. The van der Waals surface area contributed by atoms with E-state index in [1.807, 2.05) is 18.5 Å². The van der Waals surface area contributed by atoms with Crippen LogP contribution in [0.5, 0.6) is 0 Å². The Bertz CT molecular complexity index is 521. The predicted octanol–water partition coefficient (Wildman–Crippen LogP) is 3.82. The fourth-order valence-electron chi connectivity index (χ4n) is 2.26. The standard InChI is InChI=1S/C15H22ClN3O/c1-3-7-17-12(13-5-6-14(16)20-13)11-15-18-8-10-19(15)9-4-2/h5-6,8,10,12,17H,3-4,7,9,11H2,1-2H3. The van der Waals surface area contributed by atoms with Gasteiger partial charge in [0.05, 0.1) is 6.04 Å². The Morgan fingerprint density at radius 2 is 2.20 bits per heavy atom. The minimum Gasteiger partial charge on any atom is -0.448 e. The van der Waals surface area contributed by atoms with E-state index in [2.05, 4.69) is 28.7 Å². The summed E-state index contributed by atoms with van der Waals surface area (Å²) < 4.78 is 7.76. The fourth-order valence-corrected chi connectivity index (χ4v) is 2.42. The van der Waals surface area contributed by atoms with Crippen molar-refractivity contribution in [2.75, 3.05) is 6.54 Å². The Balaban J connectivity index is 2.12. The molecule has 1 atom stereocenters. The van der Waals surface area contributed by atoms with Crippen LogP contribution in [0.25, 0.3) is 0 Å². The van der Waals surface area contributed by atoms with Gasteiger partial charge in [-0.25, -0.2) is 4.98 Å². The molecule has 0 fully saturated rings. The highest BCUT2D eigenvalue weighted by Crippen LogP contribution is 2.23. The Morgan fingerprint density at radius 3 is 2.85 bits per heavy atom. The molecule has 5 heteroatoms. The number of imidazole rings is 1. The minimum absolute atomic E-state index is 0.112. The number of hydrogen-bond acceptors (Lipinski definition) is 3. The van der Waals surface area contributed by atoms with Crippen LogP contribution >= 0.6 is 11.6 Å². The first-order valence-electron chi connectivity index (χ1n) is 7.23. The summed E-state index contributed by atoms with van der Waals surface area (Å²) in [4.78, 5) is 4.46. The van der Waals surface area contributed by atoms with Crippen molar-refractivity contribution >= 4 is 11.6 Å². The number of nitrogens with one attached hydrogen (secondary N) is 1. The lowest BCUT2D eigenvalue weighted by molar-refractivity contribution is 0.402. The van der Waals surface area contributed by atoms with Crippen molar-refractivity contribution in [3.63, 3.8) is 0 Å². The van der Waals surface area contributed by atoms with Gasteiger partial charge in [0.1, 0.15) is 11.6 Å². The Kier molecular flexibility index (Phi) is 5.68. The van der Waals surface area contributed by atoms with Crippen molar-refractivity contribution in [2.24, 2.45) is 0 Å². The molecule has 2 heterocycles. The van der Waals surface area contributed by atoms with E-state index in [-0.39, 0.29) is 6.04 Å². The highest BCUT2D eigenvalue weighted by Gasteiger charge is 2.18. The second kappa shape index (κ2) is 7.50. The van der Waals surface area contributed by atoms with Crippen LogP contribution in [0.1, 0.15) is 44.3 Å². The van der Waals surface area contributed by atoms with Gasteiger partial charge in [0, 0.05) is 25.4 Å². The summed E-state index contributed by atoms with van der Waals surface area (Å²) in [5.41, 5.74) is 0. The first-order chi connectivity index (χ1) is 9.74. The summed E-state index contributed by atoms with van der Waals surface area (Å²) in [5, 5.41) is 3.93. The molecule has 0 spiro atoms. The Labute approximate surface area is 125 Å². The molecule has 1 unspecified atom stereocenters. The lowest BCUT2D eigenvalue weighted by atomic mass is 10.1. The molecule has 0 radical (unpaired) electrons. The monoisotopic (exact) mass is 295 g/mol. The van der Waals surface area contributed by atoms with Crippen LogP contribution in [0.3, 0.4) is 0 Å². The van der Waals surface area contributed by atoms with E-state index in [0.29, 0.717) is 5.22 Å². The Hall–Kier alpha value is -1.26. The maximum absolute atomic E-state index is 5.89. The molecule has 110 valence electrons. The van der Waals surface area contributed by atoms with Crippen LogP contribution in [0.2, 0.25) is 5.22 Å². The van der Waals surface area contributed by atoms with Crippen molar-refractivity contribution in [3.05, 3.63) is 41.3 Å². The molecule has 0 aromatic carbocycles. The number of hydrogen-bond donors (Lipinski definition) is 1. The van der Waals surface area contributed by atoms with E-state index in [9.17, 15) is 0 Å². The molecule has 0 aliphatic rings. The molecule has 0 aliphatic carbocycles. The molecule has 0 saturated heterocycles. The van der Waals surface area contributed by atoms with Crippen LogP contribution in [0.4, 0.5) is 0 Å². The minimum atomic E-state index is 0.112. The van der Waals surface area contributed by atoms with E-state index < -0.39 is 0 Å². The molecule has 1 N–H and O–H groups in total. The van der Waals surface area contributed by atoms with Crippen LogP contribution in [-0.4, -0.2) is 16.1 Å². The van der Waals surface area contributed by atoms with E-state index >= 15 is 0 Å². The number of rotatable bonds is 8. The van der Waals surface area contributed by atoms with Crippen molar-refractivity contribution in [1.82, 2.24) is 14.9 Å². The average Bonchev–Trinajstić information content (AvgIpc) is 3.04. The SMILES string of the molecule is CCCNC(Cc1nccn1CCC)c1ccc(Cl)o1. The van der Waals surface area contributed by atoms with Crippen LogP contribution in [0.15, 0.2) is 28.9 Å². The van der Waals surface area contributed by atoms with E-state index in [0.717, 1.165) is 43.9 Å². The van der Waals surface area contributed by atoms with Crippen LogP contribution in [-0.2, 0) is 13.0 Å². The summed E-state index contributed by atoms with van der Waals surface area (Å²) in [5.74, 6) is 1.95. The molecule has 20 heavy (non-hydrogen) atoms. The van der Waals surface area contributed by atoms with E-state index in [4.69, 9.17) is 16.0 Å². The largest absolute Gasteiger partial charge is 0.448 e. The van der Waals surface area contributed by atoms with Crippen molar-refractivity contribution in [2.45, 2.75) is 45.7 Å². The highest BCUT2D eigenvalue weighted by atomic mass is 35.5. The van der Waals surface area contributed by atoms with Gasteiger partial charge >= 0.3 is 0 Å². The quantitative estimate of drug-likeness (QED) is 0.805. The maximum atomic E-state index is 5.89. The van der Waals surface area contributed by atoms with E-state index in [1.54, 1.807) is 6.07 Å². The van der Waals surface area contributed by atoms with Gasteiger partial charge in [0.15, 0.2) is 5.22 Å². The second-order valence-electron chi connectivity index (χ2n) is 4.89. The van der Waals surface area contributed by atoms with Gasteiger partial charge in [-0.2, -0.15) is 0 Å². The average molecular weight is 296 g/mol. The Morgan fingerprint density at radius 1 is 1.35 bits per heavy atom. The summed E-state index contributed by atoms with van der Waals surface area (Å²) in [6.45, 7) is 6.26. The van der Waals surface area contributed by atoms with Crippen molar-refractivity contribution < 1.29 is 4.42 Å². The van der Waals surface area contributed by atoms with Gasteiger partial charge in [0.2, 0.25) is 0 Å². The second-order valence-corrected chi connectivity index (χ2v) is 5.26. The third-order valence-corrected chi connectivity index (χ3v) is 3.43. The highest BCUT2D eigenvalue weighted by molar-refractivity contribution is 6.28. The van der Waals surface area contributed by atoms with Crippen molar-refractivity contribution in [1.29, 1.82) is 0 Å². The van der Waals surface area contributed by atoms with Gasteiger partial charge < -0.3 is 14.3 Å². The van der Waals surface area contributed by atoms with Gasteiger partial charge in [-0.15, -0.1) is 0 Å². The third-order valence-electron chi connectivity index (χ3n) is 3.23. The molecule has 0 bridgehead atoms. The summed E-state index contributed by atoms with van der Waals surface area (Å²) in [6.07, 6.45) is 6.87. The lowest BCUT2D eigenvalue weighted by Crippen LogP contribution is -2.25. The number of aromatic nitrogens is 2. The molecule has 2 aromatic rings. The predicted molar refractivity (Wildman–Crippen MR) is 81.0 cm³/mol. The molecular weight excluding hydrogens is 274 g/mol. The number of aryl methyl sites for hydroxylation is 1. The van der Waals surface area contributed by atoms with Crippen LogP contribution in [0, 0.1) is 0 Å².